The van der Waals surface area contributed by atoms with Gasteiger partial charge < -0.3 is 11.1 Å². The van der Waals surface area contributed by atoms with E-state index in [0.29, 0.717) is 22.6 Å². The van der Waals surface area contributed by atoms with Crippen LogP contribution in [0, 0.1) is 0 Å². The molecule has 1 unspecified atom stereocenters. The second-order valence-corrected chi connectivity index (χ2v) is 4.68. The molecule has 1 aromatic rings. The maximum absolute atomic E-state index is 6.05. The Kier molecular flexibility index (Phi) is 4.87. The molecule has 0 aromatic heterocycles. The van der Waals surface area contributed by atoms with Crippen LogP contribution in [0.4, 0.5) is 0 Å². The molecule has 4 heteroatoms. The summed E-state index contributed by atoms with van der Waals surface area (Å²) in [5, 5.41) is 4.53. The molecule has 1 atom stereocenters. The van der Waals surface area contributed by atoms with Crippen LogP contribution in [0.5, 0.6) is 0 Å². The van der Waals surface area contributed by atoms with Crippen molar-refractivity contribution in [3.8, 4) is 0 Å². The zero-order chi connectivity index (χ0) is 11.4. The second kappa shape index (κ2) is 5.71. The summed E-state index contributed by atoms with van der Waals surface area (Å²) in [5.74, 6) is 0. The van der Waals surface area contributed by atoms with Crippen LogP contribution in [0.25, 0.3) is 0 Å². The fourth-order valence-corrected chi connectivity index (χ4v) is 1.82. The maximum atomic E-state index is 6.05. The van der Waals surface area contributed by atoms with Gasteiger partial charge in [-0.3, -0.25) is 0 Å². The van der Waals surface area contributed by atoms with Crippen molar-refractivity contribution < 1.29 is 0 Å². The van der Waals surface area contributed by atoms with E-state index in [0.717, 1.165) is 5.56 Å². The zero-order valence-electron chi connectivity index (χ0n) is 8.93. The number of hydrogen-bond acceptors (Lipinski definition) is 2. The van der Waals surface area contributed by atoms with Crippen molar-refractivity contribution in [1.29, 1.82) is 0 Å². The molecule has 0 spiro atoms. The lowest BCUT2D eigenvalue weighted by atomic mass is 10.1. The number of rotatable bonds is 4. The molecule has 0 amide bonds. The highest BCUT2D eigenvalue weighted by Gasteiger charge is 2.10. The Morgan fingerprint density at radius 3 is 2.53 bits per heavy atom. The van der Waals surface area contributed by atoms with Gasteiger partial charge in [-0.25, -0.2) is 0 Å². The van der Waals surface area contributed by atoms with Crippen LogP contribution in [0.1, 0.15) is 25.5 Å². The van der Waals surface area contributed by atoms with Crippen molar-refractivity contribution in [3.05, 3.63) is 33.8 Å². The summed E-state index contributed by atoms with van der Waals surface area (Å²) >= 11 is 11.9. The summed E-state index contributed by atoms with van der Waals surface area (Å²) in [6, 6.07) is 5.71. The van der Waals surface area contributed by atoms with E-state index >= 15 is 0 Å². The quantitative estimate of drug-likeness (QED) is 0.858. The van der Waals surface area contributed by atoms with E-state index in [2.05, 4.69) is 19.2 Å². The normalized spacial score (nSPS) is 13.2. The topological polar surface area (TPSA) is 38.0 Å². The van der Waals surface area contributed by atoms with Crippen molar-refractivity contribution in [2.24, 2.45) is 5.73 Å². The molecule has 0 radical (unpaired) electrons. The Labute approximate surface area is 101 Å². The molecule has 0 fully saturated rings. The first-order chi connectivity index (χ1) is 7.00. The van der Waals surface area contributed by atoms with Gasteiger partial charge in [0, 0.05) is 28.7 Å². The first kappa shape index (κ1) is 12.8. The van der Waals surface area contributed by atoms with Gasteiger partial charge in [0.25, 0.3) is 0 Å². The lowest BCUT2D eigenvalue weighted by Crippen LogP contribution is -2.31. The van der Waals surface area contributed by atoms with E-state index in [1.54, 1.807) is 12.1 Å². The first-order valence-electron chi connectivity index (χ1n) is 4.94. The van der Waals surface area contributed by atoms with Gasteiger partial charge in [-0.15, -0.1) is 0 Å². The lowest BCUT2D eigenvalue weighted by Gasteiger charge is -2.16. The molecule has 0 aliphatic rings. The van der Waals surface area contributed by atoms with E-state index in [1.807, 2.05) is 6.07 Å². The number of hydrogen-bond donors (Lipinski definition) is 2. The summed E-state index contributed by atoms with van der Waals surface area (Å²) in [6.45, 7) is 4.87. The van der Waals surface area contributed by atoms with Crippen LogP contribution >= 0.6 is 23.2 Å². The molecule has 0 bridgehead atoms. The Bertz CT molecular complexity index is 326. The summed E-state index contributed by atoms with van der Waals surface area (Å²) in [5.41, 5.74) is 6.93. The summed E-state index contributed by atoms with van der Waals surface area (Å²) in [4.78, 5) is 0. The predicted molar refractivity (Wildman–Crippen MR) is 66.5 cm³/mol. The molecule has 84 valence electrons. The average molecular weight is 247 g/mol. The van der Waals surface area contributed by atoms with Crippen molar-refractivity contribution in [3.63, 3.8) is 0 Å². The standard InChI is InChI=1S/C11H16Cl2N2/c1-7(2)15-6-11(14)9-4-3-8(12)5-10(9)13/h3-5,7,11,15H,6,14H2,1-2H3. The third kappa shape index (κ3) is 3.99. The lowest BCUT2D eigenvalue weighted by molar-refractivity contribution is 0.538. The number of nitrogens with two attached hydrogens (primary N) is 1. The predicted octanol–water partition coefficient (Wildman–Crippen LogP) is 2.99. The van der Waals surface area contributed by atoms with Gasteiger partial charge in [-0.05, 0) is 17.7 Å². The van der Waals surface area contributed by atoms with Crippen LogP contribution in [0.15, 0.2) is 18.2 Å². The van der Waals surface area contributed by atoms with Crippen LogP contribution in [-0.4, -0.2) is 12.6 Å². The Balaban J connectivity index is 2.69. The molecular formula is C11H16Cl2N2. The number of nitrogens with one attached hydrogen (secondary N) is 1. The smallest absolute Gasteiger partial charge is 0.0469 e. The van der Waals surface area contributed by atoms with Crippen LogP contribution in [-0.2, 0) is 0 Å². The van der Waals surface area contributed by atoms with E-state index in [4.69, 9.17) is 28.9 Å². The summed E-state index contributed by atoms with van der Waals surface area (Å²) in [6.07, 6.45) is 0. The van der Waals surface area contributed by atoms with Crippen LogP contribution < -0.4 is 11.1 Å². The summed E-state index contributed by atoms with van der Waals surface area (Å²) in [7, 11) is 0. The van der Waals surface area contributed by atoms with Gasteiger partial charge >= 0.3 is 0 Å². The van der Waals surface area contributed by atoms with Gasteiger partial charge in [0.2, 0.25) is 0 Å². The number of benzene rings is 1. The zero-order valence-corrected chi connectivity index (χ0v) is 10.4. The van der Waals surface area contributed by atoms with E-state index in [-0.39, 0.29) is 6.04 Å². The highest BCUT2D eigenvalue weighted by atomic mass is 35.5. The highest BCUT2D eigenvalue weighted by molar-refractivity contribution is 6.35. The Hall–Kier alpha value is -0.280. The number of halogens is 2. The third-order valence-electron chi connectivity index (χ3n) is 2.11. The van der Waals surface area contributed by atoms with Crippen molar-refractivity contribution >= 4 is 23.2 Å². The molecule has 0 aliphatic carbocycles. The SMILES string of the molecule is CC(C)NCC(N)c1ccc(Cl)cc1Cl. The van der Waals surface area contributed by atoms with Crippen molar-refractivity contribution in [2.45, 2.75) is 25.9 Å². The van der Waals surface area contributed by atoms with Crippen LogP contribution in [0.2, 0.25) is 10.0 Å². The minimum Gasteiger partial charge on any atom is -0.323 e. The molecule has 2 nitrogen and oxygen atoms in total. The maximum Gasteiger partial charge on any atom is 0.0469 e. The average Bonchev–Trinajstić information content (AvgIpc) is 2.14. The largest absolute Gasteiger partial charge is 0.323 e. The fourth-order valence-electron chi connectivity index (χ4n) is 1.27. The van der Waals surface area contributed by atoms with E-state index in [9.17, 15) is 0 Å². The van der Waals surface area contributed by atoms with Gasteiger partial charge in [-0.1, -0.05) is 43.1 Å². The van der Waals surface area contributed by atoms with E-state index in [1.165, 1.54) is 0 Å². The second-order valence-electron chi connectivity index (χ2n) is 3.84. The minimum atomic E-state index is -0.0998. The Morgan fingerprint density at radius 1 is 1.33 bits per heavy atom. The molecular weight excluding hydrogens is 231 g/mol. The minimum absolute atomic E-state index is 0.0998. The van der Waals surface area contributed by atoms with Gasteiger partial charge in [0.1, 0.15) is 0 Å². The van der Waals surface area contributed by atoms with Crippen molar-refractivity contribution in [2.75, 3.05) is 6.54 Å². The highest BCUT2D eigenvalue weighted by Crippen LogP contribution is 2.24. The molecule has 0 heterocycles. The molecule has 1 aromatic carbocycles. The molecule has 3 N–H and O–H groups in total. The van der Waals surface area contributed by atoms with Crippen LogP contribution in [0.3, 0.4) is 0 Å². The molecule has 15 heavy (non-hydrogen) atoms. The monoisotopic (exact) mass is 246 g/mol. The molecule has 0 aliphatic heterocycles. The summed E-state index contributed by atoms with van der Waals surface area (Å²) < 4.78 is 0. The molecule has 0 saturated carbocycles. The Morgan fingerprint density at radius 2 is 2.00 bits per heavy atom. The first-order valence-corrected chi connectivity index (χ1v) is 5.70. The van der Waals surface area contributed by atoms with Gasteiger partial charge in [-0.2, -0.15) is 0 Å². The molecule has 0 saturated heterocycles. The third-order valence-corrected chi connectivity index (χ3v) is 2.67. The van der Waals surface area contributed by atoms with Gasteiger partial charge in [0.05, 0.1) is 0 Å². The molecule has 1 rings (SSSR count). The van der Waals surface area contributed by atoms with Gasteiger partial charge in [0.15, 0.2) is 0 Å². The fraction of sp³-hybridized carbons (Fsp3) is 0.455. The van der Waals surface area contributed by atoms with E-state index < -0.39 is 0 Å². The van der Waals surface area contributed by atoms with Crippen molar-refractivity contribution in [1.82, 2.24) is 5.32 Å².